The van der Waals surface area contributed by atoms with Crippen molar-refractivity contribution in [1.82, 2.24) is 5.32 Å². The summed E-state index contributed by atoms with van der Waals surface area (Å²) in [6.45, 7) is 6.54. The van der Waals surface area contributed by atoms with E-state index < -0.39 is 0 Å². The van der Waals surface area contributed by atoms with E-state index in [1.807, 2.05) is 6.92 Å². The number of anilines is 1. The number of nitrogens with one attached hydrogen (secondary N) is 1. The second-order valence-corrected chi connectivity index (χ2v) is 8.33. The van der Waals surface area contributed by atoms with Crippen molar-refractivity contribution >= 4 is 40.9 Å². The van der Waals surface area contributed by atoms with Gasteiger partial charge in [-0.1, -0.05) is 48.3 Å². The van der Waals surface area contributed by atoms with Crippen LogP contribution in [-0.4, -0.2) is 19.0 Å². The molecule has 0 bridgehead atoms. The number of hydrogen-bond acceptors (Lipinski definition) is 2. The van der Waals surface area contributed by atoms with Crippen molar-refractivity contribution in [2.75, 3.05) is 18.0 Å². The van der Waals surface area contributed by atoms with Gasteiger partial charge in [0, 0.05) is 34.9 Å². The molecular formula is C23H26Cl2N2O. The van der Waals surface area contributed by atoms with Gasteiger partial charge in [-0.25, -0.2) is 0 Å². The molecule has 3 nitrogen and oxygen atoms in total. The average molecular weight is 417 g/mol. The summed E-state index contributed by atoms with van der Waals surface area (Å²) in [4.78, 5) is 14.7. The van der Waals surface area contributed by atoms with E-state index in [9.17, 15) is 4.79 Å². The summed E-state index contributed by atoms with van der Waals surface area (Å²) in [5, 5.41) is 4.09. The van der Waals surface area contributed by atoms with Crippen molar-refractivity contribution in [3.63, 3.8) is 0 Å². The Labute approximate surface area is 177 Å². The number of halogens is 2. The summed E-state index contributed by atoms with van der Waals surface area (Å²) < 4.78 is 0. The Hall–Kier alpha value is -1.97. The fourth-order valence-corrected chi connectivity index (χ4v) is 3.86. The van der Waals surface area contributed by atoms with E-state index in [4.69, 9.17) is 23.2 Å². The minimum absolute atomic E-state index is 0.0757. The average Bonchev–Trinajstić information content (AvgIpc) is 2.68. The maximum absolute atomic E-state index is 12.2. The van der Waals surface area contributed by atoms with Crippen LogP contribution in [0.2, 0.25) is 10.0 Å². The van der Waals surface area contributed by atoms with E-state index in [0.717, 1.165) is 30.1 Å². The third-order valence-corrected chi connectivity index (χ3v) is 5.84. The van der Waals surface area contributed by atoms with Crippen molar-refractivity contribution in [2.24, 2.45) is 5.92 Å². The van der Waals surface area contributed by atoms with Crippen molar-refractivity contribution in [2.45, 2.75) is 32.7 Å². The van der Waals surface area contributed by atoms with Crippen molar-refractivity contribution in [3.8, 4) is 0 Å². The van der Waals surface area contributed by atoms with Gasteiger partial charge in [0.25, 0.3) is 0 Å². The molecule has 1 atom stereocenters. The molecule has 0 saturated carbocycles. The minimum atomic E-state index is -0.160. The van der Waals surface area contributed by atoms with Crippen LogP contribution in [0.3, 0.4) is 0 Å². The molecule has 28 heavy (non-hydrogen) atoms. The molecule has 0 spiro atoms. The lowest BCUT2D eigenvalue weighted by atomic mass is 9.98. The zero-order valence-electron chi connectivity index (χ0n) is 16.3. The van der Waals surface area contributed by atoms with Gasteiger partial charge >= 0.3 is 0 Å². The van der Waals surface area contributed by atoms with Crippen LogP contribution in [0.1, 0.15) is 43.9 Å². The smallest absolute Gasteiger partial charge is 0.244 e. The predicted molar refractivity (Wildman–Crippen MR) is 119 cm³/mol. The molecular weight excluding hydrogens is 391 g/mol. The van der Waals surface area contributed by atoms with Gasteiger partial charge in [0.15, 0.2) is 0 Å². The first kappa shape index (κ1) is 20.8. The van der Waals surface area contributed by atoms with E-state index in [1.165, 1.54) is 24.6 Å². The van der Waals surface area contributed by atoms with E-state index in [1.54, 1.807) is 24.3 Å². The van der Waals surface area contributed by atoms with E-state index in [-0.39, 0.29) is 11.9 Å². The number of hydrogen-bond donors (Lipinski definition) is 1. The van der Waals surface area contributed by atoms with Crippen molar-refractivity contribution in [3.05, 3.63) is 69.7 Å². The number of benzene rings is 2. The van der Waals surface area contributed by atoms with Crippen LogP contribution < -0.4 is 10.2 Å². The summed E-state index contributed by atoms with van der Waals surface area (Å²) >= 11 is 12.0. The van der Waals surface area contributed by atoms with Crippen molar-refractivity contribution in [1.29, 1.82) is 0 Å². The minimum Gasteiger partial charge on any atom is -0.372 e. The topological polar surface area (TPSA) is 32.3 Å². The molecule has 1 aliphatic heterocycles. The molecule has 0 aromatic heterocycles. The summed E-state index contributed by atoms with van der Waals surface area (Å²) in [5.41, 5.74) is 3.10. The fourth-order valence-electron chi connectivity index (χ4n) is 3.39. The van der Waals surface area contributed by atoms with E-state index >= 15 is 0 Å². The first-order valence-corrected chi connectivity index (χ1v) is 10.5. The normalized spacial score (nSPS) is 16.4. The second kappa shape index (κ2) is 9.49. The summed E-state index contributed by atoms with van der Waals surface area (Å²) in [5.74, 6) is 0.661. The molecule has 1 aliphatic rings. The van der Waals surface area contributed by atoms with Crippen LogP contribution in [0.5, 0.6) is 0 Å². The SMILES string of the molecule is CC1CCN(c2ccc([C@@H](C)NC(=O)/C=C/c3ccc(Cl)cc3Cl)cc2)CC1. The monoisotopic (exact) mass is 416 g/mol. The zero-order valence-corrected chi connectivity index (χ0v) is 17.8. The standard InChI is InChI=1S/C23H26Cl2N2O/c1-16-11-13-27(14-12-16)21-8-4-18(5-9-21)17(2)26-23(28)10-6-19-3-7-20(24)15-22(19)25/h3-10,15-17H,11-14H2,1-2H3,(H,26,28)/b10-6+/t17-/m1/s1. The highest BCUT2D eigenvalue weighted by atomic mass is 35.5. The first-order valence-electron chi connectivity index (χ1n) is 9.71. The Morgan fingerprint density at radius 1 is 1.14 bits per heavy atom. The molecule has 1 heterocycles. The Balaban J connectivity index is 1.57. The molecule has 0 aliphatic carbocycles. The van der Waals surface area contributed by atoms with Crippen LogP contribution in [0.4, 0.5) is 5.69 Å². The number of amides is 1. The lowest BCUT2D eigenvalue weighted by molar-refractivity contribution is -0.117. The van der Waals surface area contributed by atoms with Gasteiger partial charge in [-0.15, -0.1) is 0 Å². The lowest BCUT2D eigenvalue weighted by Crippen LogP contribution is -2.32. The van der Waals surface area contributed by atoms with E-state index in [2.05, 4.69) is 41.4 Å². The molecule has 1 amide bonds. The number of nitrogens with zero attached hydrogens (tertiary/aromatic N) is 1. The highest BCUT2D eigenvalue weighted by Crippen LogP contribution is 2.25. The van der Waals surface area contributed by atoms with Crippen LogP contribution in [-0.2, 0) is 4.79 Å². The number of rotatable bonds is 5. The third kappa shape index (κ3) is 5.52. The van der Waals surface area contributed by atoms with Crippen LogP contribution in [0, 0.1) is 5.92 Å². The highest BCUT2D eigenvalue weighted by Gasteiger charge is 2.16. The second-order valence-electron chi connectivity index (χ2n) is 7.49. The third-order valence-electron chi connectivity index (χ3n) is 5.28. The molecule has 0 unspecified atom stereocenters. The predicted octanol–water partition coefficient (Wildman–Crippen LogP) is 6.12. The molecule has 1 fully saturated rings. The molecule has 3 rings (SSSR count). The lowest BCUT2D eigenvalue weighted by Gasteiger charge is -2.32. The van der Waals surface area contributed by atoms with E-state index in [0.29, 0.717) is 10.0 Å². The Morgan fingerprint density at radius 2 is 1.82 bits per heavy atom. The first-order chi connectivity index (χ1) is 13.4. The Bertz CT molecular complexity index is 840. The van der Waals surface area contributed by atoms with Gasteiger partial charge in [-0.3, -0.25) is 4.79 Å². The summed E-state index contributed by atoms with van der Waals surface area (Å²) in [6.07, 6.45) is 5.69. The molecule has 148 valence electrons. The highest BCUT2D eigenvalue weighted by molar-refractivity contribution is 6.35. The number of carbonyl (C=O) groups is 1. The Morgan fingerprint density at radius 3 is 2.46 bits per heavy atom. The largest absolute Gasteiger partial charge is 0.372 e. The number of carbonyl (C=O) groups excluding carboxylic acids is 1. The quantitative estimate of drug-likeness (QED) is 0.595. The van der Waals surface area contributed by atoms with Gasteiger partial charge in [-0.2, -0.15) is 0 Å². The van der Waals surface area contributed by atoms with Crippen LogP contribution in [0.15, 0.2) is 48.5 Å². The van der Waals surface area contributed by atoms with Gasteiger partial charge in [0.05, 0.1) is 6.04 Å². The van der Waals surface area contributed by atoms with Gasteiger partial charge in [0.1, 0.15) is 0 Å². The summed E-state index contributed by atoms with van der Waals surface area (Å²) in [7, 11) is 0. The maximum Gasteiger partial charge on any atom is 0.244 e. The van der Waals surface area contributed by atoms with Gasteiger partial charge in [0.2, 0.25) is 5.91 Å². The molecule has 2 aromatic rings. The molecule has 1 N–H and O–H groups in total. The van der Waals surface area contributed by atoms with Gasteiger partial charge in [-0.05, 0) is 67.2 Å². The molecule has 5 heteroatoms. The molecule has 0 radical (unpaired) electrons. The van der Waals surface area contributed by atoms with Crippen LogP contribution in [0.25, 0.3) is 6.08 Å². The molecule has 1 saturated heterocycles. The van der Waals surface area contributed by atoms with Crippen molar-refractivity contribution < 1.29 is 4.79 Å². The fraction of sp³-hybridized carbons (Fsp3) is 0.348. The van der Waals surface area contributed by atoms with Gasteiger partial charge < -0.3 is 10.2 Å². The Kier molecular flexibility index (Phi) is 7.03. The molecule has 2 aromatic carbocycles. The maximum atomic E-state index is 12.2. The summed E-state index contributed by atoms with van der Waals surface area (Å²) in [6, 6.07) is 13.6. The number of piperidine rings is 1. The van der Waals surface area contributed by atoms with Crippen LogP contribution >= 0.6 is 23.2 Å². The zero-order chi connectivity index (χ0) is 20.1.